The molecule has 0 bridgehead atoms. The van der Waals surface area contributed by atoms with Crippen molar-refractivity contribution in [1.82, 2.24) is 20.2 Å². The van der Waals surface area contributed by atoms with Crippen LogP contribution in [0.3, 0.4) is 0 Å². The molecule has 3 amide bonds. The van der Waals surface area contributed by atoms with Crippen LogP contribution < -0.4 is 10.1 Å². The normalized spacial score (nSPS) is 19.9. The maximum Gasteiger partial charge on any atom is 0.324 e. The van der Waals surface area contributed by atoms with Crippen LogP contribution in [0.2, 0.25) is 0 Å². The number of aromatic nitrogens is 2. The molecule has 2 aromatic heterocycles. The molecule has 7 heteroatoms. The lowest BCUT2D eigenvalue weighted by Crippen LogP contribution is -2.53. The molecule has 0 aliphatic carbocycles. The summed E-state index contributed by atoms with van der Waals surface area (Å²) in [5.74, 6) is 0.419. The molecule has 1 aliphatic rings. The Morgan fingerprint density at radius 2 is 1.81 bits per heavy atom. The van der Waals surface area contributed by atoms with Gasteiger partial charge in [-0.15, -0.1) is 0 Å². The maximum absolute atomic E-state index is 12.0. The van der Waals surface area contributed by atoms with Crippen molar-refractivity contribution in [2.75, 3.05) is 7.05 Å². The van der Waals surface area contributed by atoms with Crippen molar-refractivity contribution < 1.29 is 14.3 Å². The number of nitrogens with one attached hydrogen (secondary N) is 1. The number of urea groups is 1. The van der Waals surface area contributed by atoms with Gasteiger partial charge < -0.3 is 9.64 Å². The first kappa shape index (κ1) is 17.0. The third-order valence-corrected chi connectivity index (χ3v) is 4.78. The first-order valence-electron chi connectivity index (χ1n) is 8.60. The number of carbonyl (C=O) groups is 2. The quantitative estimate of drug-likeness (QED) is 0.773. The highest BCUT2D eigenvalue weighted by Gasteiger charge is 2.37. The Labute approximate surface area is 156 Å². The SMILES string of the molecule is CC1C(=O)NC(=O)N(C)C1c1ccc(Oc2nccc3cccnc23)cc1. The van der Waals surface area contributed by atoms with Gasteiger partial charge in [0.25, 0.3) is 0 Å². The summed E-state index contributed by atoms with van der Waals surface area (Å²) in [4.78, 5) is 34.0. The van der Waals surface area contributed by atoms with E-state index in [-0.39, 0.29) is 17.9 Å². The molecule has 0 radical (unpaired) electrons. The van der Waals surface area contributed by atoms with Gasteiger partial charge in [0.05, 0.1) is 12.0 Å². The summed E-state index contributed by atoms with van der Waals surface area (Å²) in [5, 5.41) is 3.29. The average Bonchev–Trinajstić information content (AvgIpc) is 2.68. The Morgan fingerprint density at radius 1 is 1.04 bits per heavy atom. The number of benzene rings is 1. The smallest absolute Gasteiger partial charge is 0.324 e. The molecule has 27 heavy (non-hydrogen) atoms. The number of ether oxygens (including phenoxy) is 1. The fraction of sp³-hybridized carbons (Fsp3) is 0.200. The molecule has 1 aromatic carbocycles. The van der Waals surface area contributed by atoms with E-state index in [2.05, 4.69) is 15.3 Å². The third-order valence-electron chi connectivity index (χ3n) is 4.78. The zero-order chi connectivity index (χ0) is 19.0. The monoisotopic (exact) mass is 362 g/mol. The van der Waals surface area contributed by atoms with Crippen molar-refractivity contribution in [2.45, 2.75) is 13.0 Å². The summed E-state index contributed by atoms with van der Waals surface area (Å²) in [6, 6.07) is 12.3. The first-order chi connectivity index (χ1) is 13.0. The van der Waals surface area contributed by atoms with Crippen LogP contribution in [0.1, 0.15) is 18.5 Å². The van der Waals surface area contributed by atoms with Gasteiger partial charge in [0.15, 0.2) is 0 Å². The van der Waals surface area contributed by atoms with Crippen molar-refractivity contribution in [2.24, 2.45) is 5.92 Å². The van der Waals surface area contributed by atoms with Crippen LogP contribution in [-0.4, -0.2) is 33.9 Å². The van der Waals surface area contributed by atoms with Gasteiger partial charge in [-0.2, -0.15) is 0 Å². The average molecular weight is 362 g/mol. The van der Waals surface area contributed by atoms with Crippen LogP contribution in [0.25, 0.3) is 10.9 Å². The van der Waals surface area contributed by atoms with Crippen molar-refractivity contribution in [3.8, 4) is 11.6 Å². The molecule has 1 aliphatic heterocycles. The molecule has 3 heterocycles. The predicted molar refractivity (Wildman–Crippen MR) is 99.3 cm³/mol. The summed E-state index contributed by atoms with van der Waals surface area (Å²) in [6.45, 7) is 1.80. The van der Waals surface area contributed by atoms with Gasteiger partial charge in [-0.25, -0.2) is 9.78 Å². The lowest BCUT2D eigenvalue weighted by molar-refractivity contribution is -0.127. The number of fused-ring (bicyclic) bond motifs is 1. The molecule has 1 saturated heterocycles. The molecule has 0 spiro atoms. The summed E-state index contributed by atoms with van der Waals surface area (Å²) in [5.41, 5.74) is 1.55. The second kappa shape index (κ2) is 6.68. The van der Waals surface area contributed by atoms with Gasteiger partial charge in [0.2, 0.25) is 11.8 Å². The lowest BCUT2D eigenvalue weighted by atomic mass is 9.91. The second-order valence-corrected chi connectivity index (χ2v) is 6.50. The van der Waals surface area contributed by atoms with Gasteiger partial charge in [-0.3, -0.25) is 15.1 Å². The molecule has 3 aromatic rings. The largest absolute Gasteiger partial charge is 0.437 e. The predicted octanol–water partition coefficient (Wildman–Crippen LogP) is 3.28. The topological polar surface area (TPSA) is 84.4 Å². The van der Waals surface area contributed by atoms with Crippen LogP contribution in [0.15, 0.2) is 54.9 Å². The van der Waals surface area contributed by atoms with Crippen molar-refractivity contribution >= 4 is 22.8 Å². The molecule has 2 atom stereocenters. The standard InChI is InChI=1S/C20H18N4O3/c1-12-17(24(2)20(26)23-18(12)25)14-5-7-15(8-6-14)27-19-16-13(9-11-22-19)4-3-10-21-16/h3-12,17H,1-2H3,(H,23,25,26). The van der Waals surface area contributed by atoms with Crippen LogP contribution in [0, 0.1) is 5.92 Å². The Morgan fingerprint density at radius 3 is 2.59 bits per heavy atom. The van der Waals surface area contributed by atoms with E-state index in [1.165, 1.54) is 4.90 Å². The minimum atomic E-state index is -0.394. The number of nitrogens with zero attached hydrogens (tertiary/aromatic N) is 3. The summed E-state index contributed by atoms with van der Waals surface area (Å²) < 4.78 is 5.90. The van der Waals surface area contributed by atoms with E-state index in [1.807, 2.05) is 30.3 Å². The van der Waals surface area contributed by atoms with E-state index in [0.717, 1.165) is 10.9 Å². The van der Waals surface area contributed by atoms with Gasteiger partial charge in [-0.1, -0.05) is 25.1 Å². The Hall–Kier alpha value is -3.48. The summed E-state index contributed by atoms with van der Waals surface area (Å²) >= 11 is 0. The maximum atomic E-state index is 12.0. The molecule has 4 rings (SSSR count). The Balaban J connectivity index is 1.60. The fourth-order valence-electron chi connectivity index (χ4n) is 3.32. The summed E-state index contributed by atoms with van der Waals surface area (Å²) in [6.07, 6.45) is 3.37. The second-order valence-electron chi connectivity index (χ2n) is 6.50. The minimum Gasteiger partial charge on any atom is -0.437 e. The minimum absolute atomic E-state index is 0.269. The van der Waals surface area contributed by atoms with Crippen LogP contribution in [-0.2, 0) is 4.79 Å². The zero-order valence-electron chi connectivity index (χ0n) is 14.9. The highest BCUT2D eigenvalue weighted by molar-refractivity contribution is 5.98. The number of carbonyl (C=O) groups excluding carboxylic acids is 2. The zero-order valence-corrected chi connectivity index (χ0v) is 14.9. The molecule has 136 valence electrons. The van der Waals surface area contributed by atoms with E-state index in [1.54, 1.807) is 38.5 Å². The van der Waals surface area contributed by atoms with E-state index >= 15 is 0 Å². The van der Waals surface area contributed by atoms with Gasteiger partial charge >= 0.3 is 6.03 Å². The van der Waals surface area contributed by atoms with Gasteiger partial charge in [-0.05, 0) is 29.8 Å². The highest BCUT2D eigenvalue weighted by Crippen LogP contribution is 2.33. The van der Waals surface area contributed by atoms with Gasteiger partial charge in [0, 0.05) is 24.8 Å². The molecular weight excluding hydrogens is 344 g/mol. The molecular formula is C20H18N4O3. The number of amides is 3. The molecule has 7 nitrogen and oxygen atoms in total. The van der Waals surface area contributed by atoms with E-state index in [4.69, 9.17) is 4.74 Å². The highest BCUT2D eigenvalue weighted by atomic mass is 16.5. The molecule has 0 saturated carbocycles. The van der Waals surface area contributed by atoms with Crippen molar-refractivity contribution in [3.05, 3.63) is 60.4 Å². The molecule has 1 fully saturated rings. The van der Waals surface area contributed by atoms with Gasteiger partial charge in [0.1, 0.15) is 11.3 Å². The fourth-order valence-corrected chi connectivity index (χ4v) is 3.32. The van der Waals surface area contributed by atoms with Crippen molar-refractivity contribution in [1.29, 1.82) is 0 Å². The number of rotatable bonds is 3. The molecule has 1 N–H and O–H groups in total. The first-order valence-corrected chi connectivity index (χ1v) is 8.60. The number of pyridine rings is 2. The van der Waals surface area contributed by atoms with E-state index < -0.39 is 6.03 Å². The van der Waals surface area contributed by atoms with Crippen LogP contribution in [0.5, 0.6) is 11.6 Å². The Bertz CT molecular complexity index is 994. The van der Waals surface area contributed by atoms with Crippen molar-refractivity contribution in [3.63, 3.8) is 0 Å². The van der Waals surface area contributed by atoms with E-state index in [9.17, 15) is 9.59 Å². The van der Waals surface area contributed by atoms with E-state index in [0.29, 0.717) is 17.1 Å². The number of hydrogen-bond donors (Lipinski definition) is 1. The lowest BCUT2D eigenvalue weighted by Gasteiger charge is -2.36. The van der Waals surface area contributed by atoms with Crippen LogP contribution in [0.4, 0.5) is 4.79 Å². The number of imide groups is 1. The molecule has 2 unspecified atom stereocenters. The third kappa shape index (κ3) is 3.08. The Kier molecular flexibility index (Phi) is 4.19. The number of hydrogen-bond acceptors (Lipinski definition) is 5. The summed E-state index contributed by atoms with van der Waals surface area (Å²) in [7, 11) is 1.68. The van der Waals surface area contributed by atoms with Crippen LogP contribution >= 0.6 is 0 Å².